The monoisotopic (exact) mass is 581 g/mol. The molecule has 0 radical (unpaired) electrons. The van der Waals surface area contributed by atoms with Crippen molar-refractivity contribution < 1.29 is 19.5 Å². The van der Waals surface area contributed by atoms with E-state index >= 15 is 0 Å². The number of aromatic hydroxyl groups is 1. The van der Waals surface area contributed by atoms with E-state index in [-0.39, 0.29) is 29.8 Å². The minimum atomic E-state index is -0.839. The number of amides is 2. The molecule has 0 bridgehead atoms. The molecule has 7 N–H and O–H groups in total. The summed E-state index contributed by atoms with van der Waals surface area (Å²) in [6, 6.07) is 19.5. The van der Waals surface area contributed by atoms with Crippen molar-refractivity contribution in [3.63, 3.8) is 0 Å². The summed E-state index contributed by atoms with van der Waals surface area (Å²) in [7, 11) is 0. The van der Waals surface area contributed by atoms with E-state index in [0.717, 1.165) is 34.0 Å². The molecule has 0 spiro atoms. The van der Waals surface area contributed by atoms with Crippen molar-refractivity contribution in [2.24, 2.45) is 11.5 Å². The fourth-order valence-electron chi connectivity index (χ4n) is 5.95. The number of phenols is 1. The van der Waals surface area contributed by atoms with Crippen molar-refractivity contribution in [1.82, 2.24) is 15.2 Å². The van der Waals surface area contributed by atoms with Crippen molar-refractivity contribution in [2.75, 3.05) is 13.1 Å². The van der Waals surface area contributed by atoms with E-state index < -0.39 is 18.1 Å². The average Bonchev–Trinajstić information content (AvgIpc) is 3.68. The number of benzene rings is 3. The zero-order valence-corrected chi connectivity index (χ0v) is 24.2. The Kier molecular flexibility index (Phi) is 9.54. The summed E-state index contributed by atoms with van der Waals surface area (Å²) in [6.45, 7) is 0.932. The van der Waals surface area contributed by atoms with Crippen LogP contribution in [0.1, 0.15) is 46.3 Å². The number of nitrogens with one attached hydrogen (secondary N) is 2. The number of Topliss-reactive ketones (excluding diaryl/α,β-unsaturated/α-hetero) is 1. The second-order valence-corrected chi connectivity index (χ2v) is 11.2. The van der Waals surface area contributed by atoms with Crippen LogP contribution >= 0.6 is 0 Å². The first-order chi connectivity index (χ1) is 20.9. The molecule has 3 atom stereocenters. The van der Waals surface area contributed by atoms with Gasteiger partial charge in [0.25, 0.3) is 0 Å². The summed E-state index contributed by atoms with van der Waals surface area (Å²) in [5.74, 6) is -0.706. The van der Waals surface area contributed by atoms with Gasteiger partial charge in [-0.05, 0) is 73.5 Å². The molecular weight excluding hydrogens is 542 g/mol. The number of para-hydroxylation sites is 1. The minimum absolute atomic E-state index is 0.138. The molecule has 43 heavy (non-hydrogen) atoms. The quantitative estimate of drug-likeness (QED) is 0.162. The third-order valence-electron chi connectivity index (χ3n) is 8.21. The Balaban J connectivity index is 1.37. The molecule has 1 aromatic heterocycles. The maximum Gasteiger partial charge on any atom is 0.243 e. The number of fused-ring (bicyclic) bond motifs is 1. The van der Waals surface area contributed by atoms with Gasteiger partial charge in [0.15, 0.2) is 5.78 Å². The van der Waals surface area contributed by atoms with Crippen molar-refractivity contribution in [1.29, 1.82) is 0 Å². The normalized spacial score (nSPS) is 16.2. The summed E-state index contributed by atoms with van der Waals surface area (Å²) in [6.07, 6.45) is 5.02. The number of likely N-dealkylation sites (tertiary alicyclic amines) is 1. The molecule has 1 aliphatic rings. The van der Waals surface area contributed by atoms with Crippen LogP contribution in [0.2, 0.25) is 0 Å². The average molecular weight is 582 g/mol. The van der Waals surface area contributed by atoms with E-state index in [0.29, 0.717) is 44.3 Å². The fraction of sp³-hybridized carbons (Fsp3) is 0.324. The first kappa shape index (κ1) is 30.0. The van der Waals surface area contributed by atoms with E-state index in [4.69, 9.17) is 11.5 Å². The number of carbonyl (C=O) groups excluding carboxylic acids is 3. The molecule has 1 aliphatic heterocycles. The predicted octanol–water partition coefficient (Wildman–Crippen LogP) is 3.24. The Morgan fingerprint density at radius 2 is 1.72 bits per heavy atom. The highest BCUT2D eigenvalue weighted by Gasteiger charge is 2.38. The molecule has 224 valence electrons. The molecule has 0 saturated carbocycles. The number of aromatic nitrogens is 1. The van der Waals surface area contributed by atoms with Gasteiger partial charge in [-0.15, -0.1) is 0 Å². The van der Waals surface area contributed by atoms with Gasteiger partial charge < -0.3 is 31.8 Å². The van der Waals surface area contributed by atoms with Gasteiger partial charge in [-0.2, -0.15) is 0 Å². The Bertz CT molecular complexity index is 1580. The summed E-state index contributed by atoms with van der Waals surface area (Å²) < 4.78 is 0. The summed E-state index contributed by atoms with van der Waals surface area (Å²) >= 11 is 0. The van der Waals surface area contributed by atoms with E-state index in [1.54, 1.807) is 35.2 Å². The Labute approximate surface area is 251 Å². The maximum atomic E-state index is 14.1. The lowest BCUT2D eigenvalue weighted by atomic mass is 9.92. The summed E-state index contributed by atoms with van der Waals surface area (Å²) in [5.41, 5.74) is 16.2. The zero-order chi connectivity index (χ0) is 30.3. The molecular formula is C34H39N5O4. The van der Waals surface area contributed by atoms with Gasteiger partial charge in [0.05, 0.1) is 12.1 Å². The van der Waals surface area contributed by atoms with E-state index in [1.807, 2.05) is 48.7 Å². The van der Waals surface area contributed by atoms with Crippen LogP contribution in [0, 0.1) is 0 Å². The van der Waals surface area contributed by atoms with Gasteiger partial charge >= 0.3 is 0 Å². The first-order valence-electron chi connectivity index (χ1n) is 14.9. The Morgan fingerprint density at radius 1 is 0.977 bits per heavy atom. The number of carbonyl (C=O) groups is 3. The maximum absolute atomic E-state index is 14.1. The molecule has 1 fully saturated rings. The molecule has 0 unspecified atom stereocenters. The van der Waals surface area contributed by atoms with Crippen LogP contribution in [0.25, 0.3) is 10.9 Å². The van der Waals surface area contributed by atoms with Crippen LogP contribution in [0.3, 0.4) is 0 Å². The highest BCUT2D eigenvalue weighted by molar-refractivity contribution is 6.04. The highest BCUT2D eigenvalue weighted by atomic mass is 16.3. The lowest BCUT2D eigenvalue weighted by Crippen LogP contribution is -2.54. The first-order valence-corrected chi connectivity index (χ1v) is 14.9. The molecule has 9 nitrogen and oxygen atoms in total. The zero-order valence-electron chi connectivity index (χ0n) is 24.2. The van der Waals surface area contributed by atoms with Gasteiger partial charge in [-0.3, -0.25) is 14.4 Å². The predicted molar refractivity (Wildman–Crippen MR) is 167 cm³/mol. The van der Waals surface area contributed by atoms with Crippen LogP contribution in [0.15, 0.2) is 79.0 Å². The van der Waals surface area contributed by atoms with E-state index in [9.17, 15) is 19.5 Å². The minimum Gasteiger partial charge on any atom is -0.508 e. The molecule has 2 heterocycles. The number of H-pyrrole nitrogens is 1. The molecule has 2 amide bonds. The lowest BCUT2D eigenvalue weighted by Gasteiger charge is -2.28. The van der Waals surface area contributed by atoms with Crippen molar-refractivity contribution in [3.05, 3.63) is 101 Å². The summed E-state index contributed by atoms with van der Waals surface area (Å²) in [5, 5.41) is 13.6. The Morgan fingerprint density at radius 3 is 2.51 bits per heavy atom. The topological polar surface area (TPSA) is 155 Å². The molecule has 0 aliphatic carbocycles. The SMILES string of the molecule is NCCCc1ccccc1C(=O)[C@H](Cc1c[nH]c2ccccc12)NC(=O)[C@@H]1CCCN1C(=O)[C@@H](N)Cc1ccc(O)cc1. The molecule has 4 aromatic rings. The van der Waals surface area contributed by atoms with Crippen LogP contribution < -0.4 is 16.8 Å². The van der Waals surface area contributed by atoms with Gasteiger partial charge in [0, 0.05) is 35.6 Å². The number of ketones is 1. The largest absolute Gasteiger partial charge is 0.508 e. The van der Waals surface area contributed by atoms with E-state index in [1.165, 1.54) is 0 Å². The lowest BCUT2D eigenvalue weighted by molar-refractivity contribution is -0.139. The van der Waals surface area contributed by atoms with Crippen LogP contribution in [-0.4, -0.2) is 63.8 Å². The third kappa shape index (κ3) is 6.96. The van der Waals surface area contributed by atoms with Gasteiger partial charge in [0.2, 0.25) is 11.8 Å². The van der Waals surface area contributed by atoms with Crippen molar-refractivity contribution >= 4 is 28.5 Å². The number of aryl methyl sites for hydroxylation is 1. The molecule has 3 aromatic carbocycles. The number of rotatable bonds is 12. The highest BCUT2D eigenvalue weighted by Crippen LogP contribution is 2.24. The van der Waals surface area contributed by atoms with Gasteiger partial charge in [-0.1, -0.05) is 54.6 Å². The van der Waals surface area contributed by atoms with E-state index in [2.05, 4.69) is 10.3 Å². The van der Waals surface area contributed by atoms with Crippen LogP contribution in [0.5, 0.6) is 5.75 Å². The third-order valence-corrected chi connectivity index (χ3v) is 8.21. The standard InChI is InChI=1S/C34H39N5O4/c35-17-5-8-23-7-1-2-10-27(23)32(41)30(20-24-21-37-29-11-4-3-9-26(24)29)38-33(42)31-12-6-18-39(31)34(43)28(36)19-22-13-15-25(40)16-14-22/h1-4,7,9-11,13-16,21,28,30-31,37,40H,5-6,8,12,17-20,35-36H2,(H,38,42)/t28-,30-,31-/m0/s1. The molecule has 1 saturated heterocycles. The number of aromatic amines is 1. The van der Waals surface area contributed by atoms with Gasteiger partial charge in [-0.25, -0.2) is 0 Å². The molecule has 5 rings (SSSR count). The van der Waals surface area contributed by atoms with Gasteiger partial charge in [0.1, 0.15) is 11.8 Å². The Hall–Kier alpha value is -4.47. The van der Waals surface area contributed by atoms with Crippen molar-refractivity contribution in [3.8, 4) is 5.75 Å². The van der Waals surface area contributed by atoms with Crippen molar-refractivity contribution in [2.45, 2.75) is 56.7 Å². The number of phenolic OH excluding ortho intramolecular Hbond substituents is 1. The number of nitrogens with two attached hydrogens (primary N) is 2. The second kappa shape index (κ2) is 13.7. The van der Waals surface area contributed by atoms with Crippen LogP contribution in [-0.2, 0) is 28.9 Å². The second-order valence-electron chi connectivity index (χ2n) is 11.2. The fourth-order valence-corrected chi connectivity index (χ4v) is 5.95. The summed E-state index contributed by atoms with van der Waals surface area (Å²) in [4.78, 5) is 46.2. The smallest absolute Gasteiger partial charge is 0.243 e. The number of hydrogen-bond acceptors (Lipinski definition) is 6. The molecule has 9 heteroatoms. The van der Waals surface area contributed by atoms with Crippen LogP contribution in [0.4, 0.5) is 0 Å². The number of hydrogen-bond donors (Lipinski definition) is 5. The number of nitrogens with zero attached hydrogens (tertiary/aromatic N) is 1.